The van der Waals surface area contributed by atoms with Gasteiger partial charge in [0.1, 0.15) is 5.82 Å². The van der Waals surface area contributed by atoms with Crippen LogP contribution in [0.1, 0.15) is 66.5 Å². The maximum absolute atomic E-state index is 4.91. The van der Waals surface area contributed by atoms with Crippen molar-refractivity contribution in [2.75, 3.05) is 18.0 Å². The maximum atomic E-state index is 4.91. The Labute approximate surface area is 165 Å². The third kappa shape index (κ3) is 2.97. The van der Waals surface area contributed by atoms with Gasteiger partial charge < -0.3 is 4.90 Å². The van der Waals surface area contributed by atoms with Crippen LogP contribution in [-0.4, -0.2) is 42.5 Å². The van der Waals surface area contributed by atoms with Crippen LogP contribution in [0.3, 0.4) is 0 Å². The van der Waals surface area contributed by atoms with Gasteiger partial charge in [-0.15, -0.1) is 5.10 Å². The second-order valence-electron chi connectivity index (χ2n) is 8.38. The maximum Gasteiger partial charge on any atom is 0.244 e. The Morgan fingerprint density at radius 3 is 2.50 bits per heavy atom. The van der Waals surface area contributed by atoms with E-state index in [4.69, 9.17) is 15.1 Å². The molecule has 0 spiro atoms. The van der Waals surface area contributed by atoms with Crippen LogP contribution in [0, 0.1) is 13.8 Å². The van der Waals surface area contributed by atoms with E-state index in [0.29, 0.717) is 5.92 Å². The fourth-order valence-electron chi connectivity index (χ4n) is 4.36. The first-order chi connectivity index (χ1) is 13.6. The molecule has 7 heteroatoms. The number of imidazole rings is 1. The van der Waals surface area contributed by atoms with Crippen molar-refractivity contribution in [2.24, 2.45) is 7.05 Å². The summed E-state index contributed by atoms with van der Waals surface area (Å²) in [4.78, 5) is 11.9. The monoisotopic (exact) mass is 379 g/mol. The van der Waals surface area contributed by atoms with Crippen molar-refractivity contribution in [1.82, 2.24) is 29.4 Å². The Bertz CT molecular complexity index is 1010. The molecule has 148 valence electrons. The molecule has 4 heterocycles. The lowest BCUT2D eigenvalue weighted by Crippen LogP contribution is -2.19. The summed E-state index contributed by atoms with van der Waals surface area (Å²) in [6, 6.07) is 2.29. The molecule has 2 aliphatic rings. The van der Waals surface area contributed by atoms with Crippen molar-refractivity contribution in [3.05, 3.63) is 34.5 Å². The van der Waals surface area contributed by atoms with Crippen LogP contribution >= 0.6 is 0 Å². The van der Waals surface area contributed by atoms with Crippen LogP contribution in [0.4, 0.5) is 5.95 Å². The quantitative estimate of drug-likeness (QED) is 0.681. The molecule has 0 aromatic carbocycles. The first-order valence-electron chi connectivity index (χ1n) is 10.6. The number of fused-ring (bicyclic) bond motifs is 1. The summed E-state index contributed by atoms with van der Waals surface area (Å²) in [7, 11) is 2.00. The summed E-state index contributed by atoms with van der Waals surface area (Å²) in [5, 5.41) is 9.55. The van der Waals surface area contributed by atoms with E-state index in [1.54, 1.807) is 0 Å². The lowest BCUT2D eigenvalue weighted by atomic mass is 9.80. The molecule has 1 saturated heterocycles. The molecule has 1 aliphatic heterocycles. The van der Waals surface area contributed by atoms with Gasteiger partial charge in [0, 0.05) is 32.1 Å². The molecule has 1 saturated carbocycles. The third-order valence-corrected chi connectivity index (χ3v) is 6.50. The van der Waals surface area contributed by atoms with Gasteiger partial charge in [-0.3, -0.25) is 4.68 Å². The van der Waals surface area contributed by atoms with Gasteiger partial charge in [0.05, 0.1) is 17.1 Å². The molecule has 0 atom stereocenters. The average Bonchev–Trinajstić information content (AvgIpc) is 3.34. The Balaban J connectivity index is 1.41. The summed E-state index contributed by atoms with van der Waals surface area (Å²) in [6.45, 7) is 6.34. The van der Waals surface area contributed by atoms with E-state index in [1.807, 2.05) is 11.7 Å². The Morgan fingerprint density at radius 2 is 1.79 bits per heavy atom. The van der Waals surface area contributed by atoms with Crippen molar-refractivity contribution in [1.29, 1.82) is 0 Å². The van der Waals surface area contributed by atoms with Crippen LogP contribution in [0.25, 0.3) is 5.65 Å². The van der Waals surface area contributed by atoms with Gasteiger partial charge in [-0.05, 0) is 57.9 Å². The normalized spacial score (nSPS) is 17.6. The van der Waals surface area contributed by atoms with Crippen LogP contribution in [0.15, 0.2) is 6.07 Å². The fraction of sp³-hybridized carbons (Fsp3) is 0.619. The van der Waals surface area contributed by atoms with Crippen LogP contribution in [0.5, 0.6) is 0 Å². The Morgan fingerprint density at radius 1 is 1.00 bits per heavy atom. The molecule has 0 N–H and O–H groups in total. The number of hydrogen-bond donors (Lipinski definition) is 0. The lowest BCUT2D eigenvalue weighted by Gasteiger charge is -2.26. The Kier molecular flexibility index (Phi) is 4.33. The number of aromatic nitrogens is 6. The van der Waals surface area contributed by atoms with E-state index < -0.39 is 0 Å². The second kappa shape index (κ2) is 6.87. The largest absolute Gasteiger partial charge is 0.340 e. The molecular weight excluding hydrogens is 350 g/mol. The lowest BCUT2D eigenvalue weighted by molar-refractivity contribution is 0.419. The smallest absolute Gasteiger partial charge is 0.244 e. The van der Waals surface area contributed by atoms with Gasteiger partial charge in [-0.25, -0.2) is 9.50 Å². The first-order valence-corrected chi connectivity index (χ1v) is 10.6. The molecule has 1 aliphatic carbocycles. The highest BCUT2D eigenvalue weighted by molar-refractivity contribution is 5.52. The molecular formula is C21H29N7. The van der Waals surface area contributed by atoms with Gasteiger partial charge in [-0.1, -0.05) is 6.42 Å². The van der Waals surface area contributed by atoms with Crippen LogP contribution in [0.2, 0.25) is 0 Å². The van der Waals surface area contributed by atoms with Crippen molar-refractivity contribution < 1.29 is 0 Å². The fourth-order valence-corrected chi connectivity index (χ4v) is 4.36. The minimum Gasteiger partial charge on any atom is -0.340 e. The SMILES string of the molecule is Cc1nc2c(C3CCC3)cc(CCc3nc(N4CCCC4)nn3C)nn2c1C. The standard InChI is InChI=1S/C21H29N7/c1-14-15(2)28-20(22-14)18(16-7-6-8-16)13-17(24-28)9-10-19-23-21(25-26(19)3)27-11-4-5-12-27/h13,16H,4-12H2,1-3H3. The number of hydrogen-bond acceptors (Lipinski definition) is 5. The first kappa shape index (κ1) is 17.6. The average molecular weight is 380 g/mol. The van der Waals surface area contributed by atoms with Crippen LogP contribution < -0.4 is 4.90 Å². The molecule has 3 aromatic heterocycles. The summed E-state index contributed by atoms with van der Waals surface area (Å²) < 4.78 is 4.00. The zero-order valence-electron chi connectivity index (χ0n) is 17.1. The highest BCUT2D eigenvalue weighted by Gasteiger charge is 2.25. The third-order valence-electron chi connectivity index (χ3n) is 6.50. The van der Waals surface area contributed by atoms with E-state index in [1.165, 1.54) is 37.7 Å². The summed E-state index contributed by atoms with van der Waals surface area (Å²) in [6.07, 6.45) is 8.08. The summed E-state index contributed by atoms with van der Waals surface area (Å²) in [5.74, 6) is 2.56. The number of aryl methyl sites for hydroxylation is 5. The Hall–Kier alpha value is -2.44. The number of rotatable bonds is 5. The van der Waals surface area contributed by atoms with E-state index in [2.05, 4.69) is 34.4 Å². The number of nitrogens with zero attached hydrogens (tertiary/aromatic N) is 7. The minimum absolute atomic E-state index is 0.641. The molecule has 0 amide bonds. The minimum atomic E-state index is 0.641. The van der Waals surface area contributed by atoms with Crippen molar-refractivity contribution in [2.45, 2.75) is 64.7 Å². The highest BCUT2D eigenvalue weighted by Crippen LogP contribution is 2.38. The van der Waals surface area contributed by atoms with Gasteiger partial charge in [-0.2, -0.15) is 10.1 Å². The van der Waals surface area contributed by atoms with Gasteiger partial charge in [0.25, 0.3) is 0 Å². The molecule has 28 heavy (non-hydrogen) atoms. The van der Waals surface area contributed by atoms with E-state index in [-0.39, 0.29) is 0 Å². The van der Waals surface area contributed by atoms with Gasteiger partial charge in [0.2, 0.25) is 5.95 Å². The molecule has 0 unspecified atom stereocenters. The van der Waals surface area contributed by atoms with E-state index in [9.17, 15) is 0 Å². The molecule has 3 aromatic rings. The van der Waals surface area contributed by atoms with Crippen molar-refractivity contribution in [3.8, 4) is 0 Å². The van der Waals surface area contributed by atoms with Crippen molar-refractivity contribution >= 4 is 11.6 Å². The second-order valence-corrected chi connectivity index (χ2v) is 8.38. The zero-order chi connectivity index (χ0) is 19.3. The summed E-state index contributed by atoms with van der Waals surface area (Å²) >= 11 is 0. The topological polar surface area (TPSA) is 64.1 Å². The van der Waals surface area contributed by atoms with Crippen molar-refractivity contribution in [3.63, 3.8) is 0 Å². The summed E-state index contributed by atoms with van der Waals surface area (Å²) in [5.41, 5.74) is 5.78. The molecule has 0 bridgehead atoms. The predicted octanol–water partition coefficient (Wildman–Crippen LogP) is 3.13. The highest BCUT2D eigenvalue weighted by atomic mass is 15.4. The van der Waals surface area contributed by atoms with Gasteiger partial charge >= 0.3 is 0 Å². The molecule has 5 rings (SSSR count). The molecule has 2 fully saturated rings. The van der Waals surface area contributed by atoms with Gasteiger partial charge in [0.15, 0.2) is 5.65 Å². The molecule has 0 radical (unpaired) electrons. The molecule has 7 nitrogen and oxygen atoms in total. The van der Waals surface area contributed by atoms with Crippen LogP contribution in [-0.2, 0) is 19.9 Å². The zero-order valence-corrected chi connectivity index (χ0v) is 17.1. The van der Waals surface area contributed by atoms with E-state index in [0.717, 1.165) is 60.4 Å². The number of anilines is 1. The van der Waals surface area contributed by atoms with E-state index >= 15 is 0 Å². The predicted molar refractivity (Wildman–Crippen MR) is 109 cm³/mol.